The Bertz CT molecular complexity index is 1180. The summed E-state index contributed by atoms with van der Waals surface area (Å²) in [5.74, 6) is -0.108. The highest BCUT2D eigenvalue weighted by Gasteiger charge is 2.26. The van der Waals surface area contributed by atoms with E-state index >= 15 is 0 Å². The Labute approximate surface area is 217 Å². The van der Waals surface area contributed by atoms with Gasteiger partial charge in [-0.3, -0.25) is 14.5 Å². The van der Waals surface area contributed by atoms with Crippen molar-refractivity contribution in [3.05, 3.63) is 94.5 Å². The average molecular weight is 506 g/mol. The van der Waals surface area contributed by atoms with Crippen LogP contribution in [0.4, 0.5) is 5.69 Å². The Morgan fingerprint density at radius 3 is 2.31 bits per heavy atom. The van der Waals surface area contributed by atoms with Gasteiger partial charge in [0, 0.05) is 38.2 Å². The summed E-state index contributed by atoms with van der Waals surface area (Å²) in [7, 11) is 0. The SMILES string of the molecule is CC(=O)Nc1cc(OCc2ccccc2)c(C(=O)NC2CCN(C(C)c3ccccc3)CC2)cc1Cl. The zero-order valence-corrected chi connectivity index (χ0v) is 21.4. The molecule has 0 radical (unpaired) electrons. The van der Waals surface area contributed by atoms with E-state index in [4.69, 9.17) is 16.3 Å². The molecule has 7 heteroatoms. The smallest absolute Gasteiger partial charge is 0.255 e. The van der Waals surface area contributed by atoms with Crippen molar-refractivity contribution in [3.63, 3.8) is 0 Å². The number of amides is 2. The second-order valence-electron chi connectivity index (χ2n) is 9.15. The fourth-order valence-electron chi connectivity index (χ4n) is 4.51. The van der Waals surface area contributed by atoms with Gasteiger partial charge in [-0.05, 0) is 37.0 Å². The quantitative estimate of drug-likeness (QED) is 0.404. The topological polar surface area (TPSA) is 70.7 Å². The Morgan fingerprint density at radius 1 is 1.03 bits per heavy atom. The summed E-state index contributed by atoms with van der Waals surface area (Å²) < 4.78 is 6.03. The summed E-state index contributed by atoms with van der Waals surface area (Å²) in [6.45, 7) is 5.73. The van der Waals surface area contributed by atoms with E-state index < -0.39 is 0 Å². The number of benzene rings is 3. The van der Waals surface area contributed by atoms with Gasteiger partial charge in [0.05, 0.1) is 16.3 Å². The summed E-state index contributed by atoms with van der Waals surface area (Å²) >= 11 is 6.40. The molecule has 1 aliphatic rings. The first-order chi connectivity index (χ1) is 17.4. The number of ether oxygens (including phenoxy) is 1. The molecule has 6 nitrogen and oxygen atoms in total. The lowest BCUT2D eigenvalue weighted by atomic mass is 9.99. The van der Waals surface area contributed by atoms with Crippen molar-refractivity contribution in [2.75, 3.05) is 18.4 Å². The van der Waals surface area contributed by atoms with Crippen LogP contribution in [0.15, 0.2) is 72.8 Å². The van der Waals surface area contributed by atoms with Gasteiger partial charge in [0.15, 0.2) is 0 Å². The summed E-state index contributed by atoms with van der Waals surface area (Å²) in [6, 6.07) is 23.8. The maximum Gasteiger partial charge on any atom is 0.255 e. The van der Waals surface area contributed by atoms with Gasteiger partial charge >= 0.3 is 0 Å². The summed E-state index contributed by atoms with van der Waals surface area (Å²) in [5, 5.41) is 6.15. The molecule has 188 valence electrons. The number of carbonyl (C=O) groups is 2. The second kappa shape index (κ2) is 12.1. The number of likely N-dealkylation sites (tertiary alicyclic amines) is 1. The number of hydrogen-bond donors (Lipinski definition) is 2. The van der Waals surface area contributed by atoms with Crippen molar-refractivity contribution in [1.82, 2.24) is 10.2 Å². The molecule has 0 aliphatic carbocycles. The predicted molar refractivity (Wildman–Crippen MR) is 143 cm³/mol. The van der Waals surface area contributed by atoms with Gasteiger partial charge in [-0.2, -0.15) is 0 Å². The van der Waals surface area contributed by atoms with Crippen LogP contribution in [0.3, 0.4) is 0 Å². The number of hydrogen-bond acceptors (Lipinski definition) is 4. The van der Waals surface area contributed by atoms with Crippen molar-refractivity contribution in [1.29, 1.82) is 0 Å². The number of nitrogens with one attached hydrogen (secondary N) is 2. The van der Waals surface area contributed by atoms with Gasteiger partial charge < -0.3 is 15.4 Å². The van der Waals surface area contributed by atoms with Gasteiger partial charge in [-0.15, -0.1) is 0 Å². The second-order valence-corrected chi connectivity index (χ2v) is 9.56. The first-order valence-electron chi connectivity index (χ1n) is 12.3. The number of piperidine rings is 1. The van der Waals surface area contributed by atoms with E-state index in [9.17, 15) is 9.59 Å². The zero-order valence-electron chi connectivity index (χ0n) is 20.7. The molecule has 0 saturated carbocycles. The third kappa shape index (κ3) is 6.65. The first-order valence-corrected chi connectivity index (χ1v) is 12.7. The van der Waals surface area contributed by atoms with E-state index in [1.165, 1.54) is 12.5 Å². The highest BCUT2D eigenvalue weighted by Crippen LogP contribution is 2.32. The summed E-state index contributed by atoms with van der Waals surface area (Å²) in [6.07, 6.45) is 1.72. The molecule has 1 aliphatic heterocycles. The average Bonchev–Trinajstić information content (AvgIpc) is 2.89. The lowest BCUT2D eigenvalue weighted by molar-refractivity contribution is -0.114. The van der Waals surface area contributed by atoms with Gasteiger partial charge in [0.1, 0.15) is 12.4 Å². The Morgan fingerprint density at radius 2 is 1.67 bits per heavy atom. The molecule has 1 unspecified atom stereocenters. The molecule has 1 saturated heterocycles. The molecule has 1 fully saturated rings. The highest BCUT2D eigenvalue weighted by atomic mass is 35.5. The Hall–Kier alpha value is -3.35. The Balaban J connectivity index is 1.44. The van der Waals surface area contributed by atoms with Crippen LogP contribution >= 0.6 is 11.6 Å². The van der Waals surface area contributed by atoms with Crippen LogP contribution in [0.25, 0.3) is 0 Å². The van der Waals surface area contributed by atoms with E-state index in [1.54, 1.807) is 12.1 Å². The number of nitrogens with zero attached hydrogens (tertiary/aromatic N) is 1. The third-order valence-electron chi connectivity index (χ3n) is 6.56. The van der Waals surface area contributed by atoms with Crippen LogP contribution in [0.1, 0.15) is 54.2 Å². The fourth-order valence-corrected chi connectivity index (χ4v) is 4.72. The number of anilines is 1. The molecule has 1 heterocycles. The third-order valence-corrected chi connectivity index (χ3v) is 6.87. The van der Waals surface area contributed by atoms with Crippen LogP contribution in [-0.2, 0) is 11.4 Å². The molecular weight excluding hydrogens is 474 g/mol. The monoisotopic (exact) mass is 505 g/mol. The number of carbonyl (C=O) groups excluding carboxylic acids is 2. The summed E-state index contributed by atoms with van der Waals surface area (Å²) in [5.41, 5.74) is 3.03. The molecular formula is C29H32ClN3O3. The molecule has 36 heavy (non-hydrogen) atoms. The standard InChI is InChI=1S/C29H32ClN3O3/c1-20(23-11-7-4-8-12-23)33-15-13-24(14-16-33)32-29(35)25-17-26(30)27(31-21(2)34)18-28(25)36-19-22-9-5-3-6-10-22/h3-12,17-18,20,24H,13-16,19H2,1-2H3,(H,31,34)(H,32,35). The van der Waals surface area contributed by atoms with Crippen LogP contribution < -0.4 is 15.4 Å². The van der Waals surface area contributed by atoms with Gasteiger partial charge in [0.2, 0.25) is 5.91 Å². The molecule has 2 N–H and O–H groups in total. The molecule has 3 aromatic carbocycles. The highest BCUT2D eigenvalue weighted by molar-refractivity contribution is 6.34. The normalized spacial score (nSPS) is 15.2. The maximum atomic E-state index is 13.3. The van der Waals surface area contributed by atoms with Crippen LogP contribution in [-0.4, -0.2) is 35.8 Å². The van der Waals surface area contributed by atoms with E-state index in [0.717, 1.165) is 31.5 Å². The fraction of sp³-hybridized carbons (Fsp3) is 0.310. The molecule has 0 aromatic heterocycles. The maximum absolute atomic E-state index is 13.3. The van der Waals surface area contributed by atoms with Crippen LogP contribution in [0.5, 0.6) is 5.75 Å². The Kier molecular flexibility index (Phi) is 8.62. The van der Waals surface area contributed by atoms with Gasteiger partial charge in [-0.1, -0.05) is 72.3 Å². The lowest BCUT2D eigenvalue weighted by Gasteiger charge is -2.36. The van der Waals surface area contributed by atoms with Crippen molar-refractivity contribution in [3.8, 4) is 5.75 Å². The molecule has 0 bridgehead atoms. The zero-order chi connectivity index (χ0) is 25.5. The van der Waals surface area contributed by atoms with Crippen molar-refractivity contribution in [2.24, 2.45) is 0 Å². The molecule has 1 atom stereocenters. The number of rotatable bonds is 8. The summed E-state index contributed by atoms with van der Waals surface area (Å²) in [4.78, 5) is 27.4. The van der Waals surface area contributed by atoms with Crippen molar-refractivity contribution in [2.45, 2.75) is 45.4 Å². The van der Waals surface area contributed by atoms with E-state index in [0.29, 0.717) is 23.0 Å². The van der Waals surface area contributed by atoms with Gasteiger partial charge in [-0.25, -0.2) is 0 Å². The number of halogens is 1. The molecule has 3 aromatic rings. The van der Waals surface area contributed by atoms with E-state index in [-0.39, 0.29) is 29.5 Å². The molecule has 0 spiro atoms. The molecule has 4 rings (SSSR count). The van der Waals surface area contributed by atoms with E-state index in [1.807, 2.05) is 36.4 Å². The van der Waals surface area contributed by atoms with Crippen molar-refractivity contribution < 1.29 is 14.3 Å². The minimum absolute atomic E-state index is 0.0625. The minimum Gasteiger partial charge on any atom is -0.488 e. The van der Waals surface area contributed by atoms with Crippen LogP contribution in [0, 0.1) is 0 Å². The lowest BCUT2D eigenvalue weighted by Crippen LogP contribution is -2.45. The predicted octanol–water partition coefficient (Wildman–Crippen LogP) is 5.83. The first kappa shape index (κ1) is 25.7. The van der Waals surface area contributed by atoms with Crippen LogP contribution in [0.2, 0.25) is 5.02 Å². The van der Waals surface area contributed by atoms with Gasteiger partial charge in [0.25, 0.3) is 5.91 Å². The van der Waals surface area contributed by atoms with E-state index in [2.05, 4.69) is 46.7 Å². The largest absolute Gasteiger partial charge is 0.488 e. The minimum atomic E-state index is -0.250. The van der Waals surface area contributed by atoms with Crippen molar-refractivity contribution >= 4 is 29.1 Å². The molecule has 2 amide bonds.